The highest BCUT2D eigenvalue weighted by Gasteiger charge is 2.33. The molecule has 2 aromatic heterocycles. The Morgan fingerprint density at radius 1 is 1.15 bits per heavy atom. The molecular formula is C19H13FN4OS2. The second-order valence-electron chi connectivity index (χ2n) is 5.84. The Labute approximate surface area is 164 Å². The lowest BCUT2D eigenvalue weighted by Crippen LogP contribution is -2.27. The van der Waals surface area contributed by atoms with Gasteiger partial charge in [0.1, 0.15) is 5.82 Å². The molecule has 8 heteroatoms. The summed E-state index contributed by atoms with van der Waals surface area (Å²) >= 11 is 6.58. The monoisotopic (exact) mass is 396 g/mol. The van der Waals surface area contributed by atoms with Crippen LogP contribution in [0.5, 0.6) is 0 Å². The Morgan fingerprint density at radius 2 is 1.85 bits per heavy atom. The molecule has 0 unspecified atom stereocenters. The molecule has 4 rings (SSSR count). The molecule has 3 aromatic rings. The molecule has 0 radical (unpaired) electrons. The van der Waals surface area contributed by atoms with E-state index in [9.17, 15) is 9.18 Å². The fourth-order valence-corrected chi connectivity index (χ4v) is 4.06. The van der Waals surface area contributed by atoms with Crippen molar-refractivity contribution in [1.82, 2.24) is 14.8 Å². The summed E-state index contributed by atoms with van der Waals surface area (Å²) in [5.41, 5.74) is 3.02. The zero-order valence-electron chi connectivity index (χ0n) is 14.2. The first kappa shape index (κ1) is 17.6. The van der Waals surface area contributed by atoms with Crippen molar-refractivity contribution in [2.45, 2.75) is 0 Å². The molecule has 1 amide bonds. The van der Waals surface area contributed by atoms with Crippen molar-refractivity contribution in [3.63, 3.8) is 0 Å². The lowest BCUT2D eigenvalue weighted by molar-refractivity contribution is -0.113. The van der Waals surface area contributed by atoms with E-state index in [2.05, 4.69) is 10.1 Å². The van der Waals surface area contributed by atoms with Crippen molar-refractivity contribution in [3.05, 3.63) is 71.3 Å². The van der Waals surface area contributed by atoms with Crippen LogP contribution < -0.4 is 4.90 Å². The van der Waals surface area contributed by atoms with Gasteiger partial charge in [-0.05, 0) is 42.5 Å². The quantitative estimate of drug-likeness (QED) is 0.494. The van der Waals surface area contributed by atoms with Gasteiger partial charge >= 0.3 is 0 Å². The number of rotatable bonds is 3. The molecule has 0 N–H and O–H groups in total. The van der Waals surface area contributed by atoms with Crippen LogP contribution in [0.15, 0.2) is 59.9 Å². The number of halogens is 1. The molecule has 0 aliphatic carbocycles. The minimum atomic E-state index is -0.364. The summed E-state index contributed by atoms with van der Waals surface area (Å²) in [4.78, 5) is 18.8. The third kappa shape index (κ3) is 3.41. The number of aryl methyl sites for hydroxylation is 1. The van der Waals surface area contributed by atoms with Crippen molar-refractivity contribution < 1.29 is 9.18 Å². The standard InChI is InChI=1S/C19H13FN4OS2/c1-23-11-13(17(22-23)12-6-8-21-9-7-12)10-16-18(25)24(19(26)27-16)15-4-2-14(20)3-5-15/h2-11H,1H3. The molecule has 5 nitrogen and oxygen atoms in total. The number of hydrogen-bond donors (Lipinski definition) is 0. The first-order valence-electron chi connectivity index (χ1n) is 8.00. The third-order valence-electron chi connectivity index (χ3n) is 3.98. The molecule has 3 heterocycles. The van der Waals surface area contributed by atoms with Crippen molar-refractivity contribution in [2.75, 3.05) is 4.90 Å². The minimum absolute atomic E-state index is 0.235. The summed E-state index contributed by atoms with van der Waals surface area (Å²) in [5, 5.41) is 4.49. The number of carbonyl (C=O) groups excluding carboxylic acids is 1. The van der Waals surface area contributed by atoms with E-state index >= 15 is 0 Å². The predicted molar refractivity (Wildman–Crippen MR) is 108 cm³/mol. The Bertz CT molecular complexity index is 1060. The molecular weight excluding hydrogens is 383 g/mol. The van der Waals surface area contributed by atoms with E-state index in [4.69, 9.17) is 12.2 Å². The van der Waals surface area contributed by atoms with Crippen molar-refractivity contribution in [2.24, 2.45) is 7.05 Å². The summed E-state index contributed by atoms with van der Waals surface area (Å²) in [7, 11) is 1.83. The van der Waals surface area contributed by atoms with E-state index in [1.165, 1.54) is 40.9 Å². The first-order chi connectivity index (χ1) is 13.0. The van der Waals surface area contributed by atoms with Gasteiger partial charge in [-0.3, -0.25) is 19.4 Å². The fourth-order valence-electron chi connectivity index (χ4n) is 2.77. The van der Waals surface area contributed by atoms with Gasteiger partial charge in [0.25, 0.3) is 5.91 Å². The Hall–Kier alpha value is -2.84. The second kappa shape index (κ2) is 7.05. The van der Waals surface area contributed by atoms with E-state index in [0.717, 1.165) is 16.8 Å². The minimum Gasteiger partial charge on any atom is -0.275 e. The van der Waals surface area contributed by atoms with E-state index in [0.29, 0.717) is 14.9 Å². The zero-order valence-corrected chi connectivity index (χ0v) is 15.8. The summed E-state index contributed by atoms with van der Waals surface area (Å²) in [6.45, 7) is 0. The van der Waals surface area contributed by atoms with Gasteiger partial charge in [0.05, 0.1) is 16.3 Å². The van der Waals surface area contributed by atoms with Gasteiger partial charge in [0.2, 0.25) is 0 Å². The fraction of sp³-hybridized carbons (Fsp3) is 0.0526. The average molecular weight is 396 g/mol. The molecule has 0 bridgehead atoms. The van der Waals surface area contributed by atoms with Crippen molar-refractivity contribution in [3.8, 4) is 11.3 Å². The van der Waals surface area contributed by atoms with Crippen LogP contribution in [0.1, 0.15) is 5.56 Å². The number of aromatic nitrogens is 3. The number of carbonyl (C=O) groups is 1. The van der Waals surface area contributed by atoms with Gasteiger partial charge in [-0.25, -0.2) is 4.39 Å². The smallest absolute Gasteiger partial charge is 0.270 e. The summed E-state index contributed by atoms with van der Waals surface area (Å²) in [6.07, 6.45) is 7.02. The summed E-state index contributed by atoms with van der Waals surface area (Å²) < 4.78 is 15.3. The van der Waals surface area contributed by atoms with Crippen LogP contribution in [-0.2, 0) is 11.8 Å². The molecule has 0 saturated carbocycles. The highest BCUT2D eigenvalue weighted by atomic mass is 32.2. The SMILES string of the molecule is Cn1cc(C=C2SC(=S)N(c3ccc(F)cc3)C2=O)c(-c2ccncc2)n1. The van der Waals surface area contributed by atoms with Gasteiger partial charge < -0.3 is 0 Å². The first-order valence-corrected chi connectivity index (χ1v) is 9.23. The van der Waals surface area contributed by atoms with E-state index in [1.807, 2.05) is 25.4 Å². The third-order valence-corrected chi connectivity index (χ3v) is 5.28. The Morgan fingerprint density at radius 3 is 2.56 bits per heavy atom. The maximum Gasteiger partial charge on any atom is 0.270 e. The molecule has 0 atom stereocenters. The number of nitrogens with zero attached hydrogens (tertiary/aromatic N) is 4. The molecule has 27 heavy (non-hydrogen) atoms. The normalized spacial score (nSPS) is 15.8. The number of amides is 1. The lowest BCUT2D eigenvalue weighted by Gasteiger charge is -2.14. The number of benzene rings is 1. The van der Waals surface area contributed by atoms with Crippen LogP contribution in [0.25, 0.3) is 17.3 Å². The molecule has 1 aromatic carbocycles. The van der Waals surface area contributed by atoms with Gasteiger partial charge in [-0.2, -0.15) is 5.10 Å². The number of hydrogen-bond acceptors (Lipinski definition) is 5. The largest absolute Gasteiger partial charge is 0.275 e. The topological polar surface area (TPSA) is 51.0 Å². The number of thioether (sulfide) groups is 1. The zero-order chi connectivity index (χ0) is 19.0. The van der Waals surface area contributed by atoms with E-state index in [1.54, 1.807) is 23.2 Å². The van der Waals surface area contributed by atoms with Gasteiger partial charge in [-0.15, -0.1) is 0 Å². The van der Waals surface area contributed by atoms with Crippen LogP contribution >= 0.6 is 24.0 Å². The van der Waals surface area contributed by atoms with E-state index in [-0.39, 0.29) is 11.7 Å². The molecule has 1 aliphatic rings. The van der Waals surface area contributed by atoms with E-state index < -0.39 is 0 Å². The van der Waals surface area contributed by atoms with Crippen molar-refractivity contribution >= 4 is 46.0 Å². The highest BCUT2D eigenvalue weighted by molar-refractivity contribution is 8.27. The van der Waals surface area contributed by atoms with Crippen LogP contribution in [0.2, 0.25) is 0 Å². The average Bonchev–Trinajstić information content (AvgIpc) is 3.16. The van der Waals surface area contributed by atoms with Gasteiger partial charge in [0.15, 0.2) is 4.32 Å². The number of pyridine rings is 1. The molecule has 134 valence electrons. The maximum atomic E-state index is 13.2. The van der Waals surface area contributed by atoms with Gasteiger partial charge in [-0.1, -0.05) is 24.0 Å². The highest BCUT2D eigenvalue weighted by Crippen LogP contribution is 2.37. The summed E-state index contributed by atoms with van der Waals surface area (Å²) in [5.74, 6) is -0.599. The van der Waals surface area contributed by atoms with Crippen LogP contribution in [0.4, 0.5) is 10.1 Å². The number of anilines is 1. The second-order valence-corrected chi connectivity index (χ2v) is 7.51. The predicted octanol–water partition coefficient (Wildman–Crippen LogP) is 4.03. The van der Waals surface area contributed by atoms with Crippen molar-refractivity contribution in [1.29, 1.82) is 0 Å². The maximum absolute atomic E-state index is 13.2. The molecule has 1 saturated heterocycles. The molecule has 0 spiro atoms. The molecule has 1 aliphatic heterocycles. The molecule has 1 fully saturated rings. The summed E-state index contributed by atoms with van der Waals surface area (Å²) in [6, 6.07) is 9.42. The Balaban J connectivity index is 1.71. The lowest BCUT2D eigenvalue weighted by atomic mass is 10.1. The number of thiocarbonyl (C=S) groups is 1. The Kier molecular flexibility index (Phi) is 4.59. The van der Waals surface area contributed by atoms with Gasteiger partial charge in [0, 0.05) is 36.8 Å². The van der Waals surface area contributed by atoms with Crippen LogP contribution in [-0.4, -0.2) is 25.0 Å². The van der Waals surface area contributed by atoms with Crippen LogP contribution in [0.3, 0.4) is 0 Å². The van der Waals surface area contributed by atoms with Crippen LogP contribution in [0, 0.1) is 5.82 Å².